The van der Waals surface area contributed by atoms with Crippen molar-refractivity contribution in [3.8, 4) is 5.75 Å². The zero-order valence-corrected chi connectivity index (χ0v) is 17.0. The number of rotatable bonds is 9. The maximum absolute atomic E-state index is 12.8. The van der Waals surface area contributed by atoms with Crippen molar-refractivity contribution in [3.63, 3.8) is 0 Å². The zero-order valence-electron chi connectivity index (χ0n) is 15.4. The summed E-state index contributed by atoms with van der Waals surface area (Å²) in [4.78, 5) is 14.0. The molecule has 0 heterocycles. The first-order chi connectivity index (χ1) is 13.3. The van der Waals surface area contributed by atoms with Crippen molar-refractivity contribution in [2.75, 3.05) is 24.9 Å². The van der Waals surface area contributed by atoms with Gasteiger partial charge in [0, 0.05) is 24.3 Å². The Labute approximate surface area is 170 Å². The molecule has 0 aliphatic rings. The third-order valence-electron chi connectivity index (χ3n) is 3.80. The fourth-order valence-electron chi connectivity index (χ4n) is 2.45. The van der Waals surface area contributed by atoms with Gasteiger partial charge in [0.1, 0.15) is 10.6 Å². The van der Waals surface area contributed by atoms with Crippen molar-refractivity contribution in [2.45, 2.75) is 4.90 Å². The van der Waals surface area contributed by atoms with E-state index in [9.17, 15) is 13.2 Å². The van der Waals surface area contributed by atoms with Gasteiger partial charge in [0.2, 0.25) is 0 Å². The van der Waals surface area contributed by atoms with Gasteiger partial charge in [-0.1, -0.05) is 23.8 Å². The number of hydrogen-bond acceptors (Lipinski definition) is 4. The molecule has 0 fully saturated rings. The molecule has 0 spiro atoms. The van der Waals surface area contributed by atoms with Crippen LogP contribution in [0.3, 0.4) is 0 Å². The molecule has 0 saturated carbocycles. The van der Waals surface area contributed by atoms with Gasteiger partial charge in [0.15, 0.2) is 0 Å². The summed E-state index contributed by atoms with van der Waals surface area (Å²) in [7, 11) is -2.49. The van der Waals surface area contributed by atoms with Gasteiger partial charge < -0.3 is 9.64 Å². The molecule has 1 amide bonds. The molecular weight excluding hydrogens is 400 g/mol. The van der Waals surface area contributed by atoms with E-state index in [-0.39, 0.29) is 21.4 Å². The Balaban J connectivity index is 2.35. The van der Waals surface area contributed by atoms with Crippen LogP contribution in [0.5, 0.6) is 5.75 Å². The first kappa shape index (κ1) is 21.5. The predicted octanol–water partition coefficient (Wildman–Crippen LogP) is 3.96. The molecule has 2 aromatic rings. The van der Waals surface area contributed by atoms with E-state index in [0.717, 1.165) is 0 Å². The van der Waals surface area contributed by atoms with Crippen LogP contribution in [-0.2, 0) is 10.0 Å². The summed E-state index contributed by atoms with van der Waals surface area (Å²) in [5, 5.41) is 0.0107. The van der Waals surface area contributed by atoms with E-state index in [4.69, 9.17) is 16.3 Å². The number of ether oxygens (including phenoxy) is 1. The molecule has 28 heavy (non-hydrogen) atoms. The molecular formula is C20H21ClN2O4S. The molecule has 0 aliphatic carbocycles. The van der Waals surface area contributed by atoms with Gasteiger partial charge in [-0.25, -0.2) is 8.42 Å². The Morgan fingerprint density at radius 1 is 1.14 bits per heavy atom. The predicted molar refractivity (Wildman–Crippen MR) is 112 cm³/mol. The molecule has 0 unspecified atom stereocenters. The fourth-order valence-corrected chi connectivity index (χ4v) is 4.03. The Bertz CT molecular complexity index is 962. The van der Waals surface area contributed by atoms with Crippen molar-refractivity contribution in [2.24, 2.45) is 0 Å². The second kappa shape index (κ2) is 9.43. The molecule has 2 aromatic carbocycles. The summed E-state index contributed by atoms with van der Waals surface area (Å²) in [6, 6.07) is 10.5. The van der Waals surface area contributed by atoms with Crippen LogP contribution in [0.4, 0.5) is 5.69 Å². The van der Waals surface area contributed by atoms with Crippen molar-refractivity contribution in [3.05, 3.63) is 78.4 Å². The highest BCUT2D eigenvalue weighted by molar-refractivity contribution is 7.92. The number of nitrogens with one attached hydrogen (secondary N) is 1. The van der Waals surface area contributed by atoms with Crippen LogP contribution in [0.2, 0.25) is 5.02 Å². The Hall–Kier alpha value is -2.77. The minimum atomic E-state index is -4.00. The van der Waals surface area contributed by atoms with Gasteiger partial charge in [-0.2, -0.15) is 0 Å². The van der Waals surface area contributed by atoms with Gasteiger partial charge in [-0.3, -0.25) is 9.52 Å². The van der Waals surface area contributed by atoms with Gasteiger partial charge in [0.05, 0.1) is 12.1 Å². The first-order valence-electron chi connectivity index (χ1n) is 8.30. The van der Waals surface area contributed by atoms with Gasteiger partial charge >= 0.3 is 0 Å². The lowest BCUT2D eigenvalue weighted by atomic mass is 10.2. The average molecular weight is 421 g/mol. The van der Waals surface area contributed by atoms with Crippen LogP contribution in [-0.4, -0.2) is 39.4 Å². The smallest absolute Gasteiger partial charge is 0.263 e. The van der Waals surface area contributed by atoms with Gasteiger partial charge in [-0.05, 0) is 42.5 Å². The van der Waals surface area contributed by atoms with Crippen LogP contribution in [0.25, 0.3) is 0 Å². The second-order valence-electron chi connectivity index (χ2n) is 5.77. The molecule has 148 valence electrons. The molecule has 0 bridgehead atoms. The van der Waals surface area contributed by atoms with Crippen molar-refractivity contribution >= 4 is 33.2 Å². The van der Waals surface area contributed by atoms with E-state index in [1.54, 1.807) is 36.4 Å². The largest absolute Gasteiger partial charge is 0.497 e. The molecule has 1 N–H and O–H groups in total. The Morgan fingerprint density at radius 2 is 1.75 bits per heavy atom. The lowest BCUT2D eigenvalue weighted by Gasteiger charge is -2.20. The van der Waals surface area contributed by atoms with E-state index >= 15 is 0 Å². The summed E-state index contributed by atoms with van der Waals surface area (Å²) < 4.78 is 33.1. The van der Waals surface area contributed by atoms with Crippen LogP contribution in [0.1, 0.15) is 10.4 Å². The number of methoxy groups -OCH3 is 1. The third kappa shape index (κ3) is 5.15. The monoisotopic (exact) mass is 420 g/mol. The first-order valence-corrected chi connectivity index (χ1v) is 10.2. The maximum Gasteiger partial charge on any atom is 0.263 e. The van der Waals surface area contributed by atoms with Crippen LogP contribution >= 0.6 is 11.6 Å². The fraction of sp³-hybridized carbons (Fsp3) is 0.150. The molecule has 0 aromatic heterocycles. The highest BCUT2D eigenvalue weighted by Crippen LogP contribution is 2.26. The molecule has 6 nitrogen and oxygen atoms in total. The standard InChI is InChI=1S/C20H21ClN2O4S/c1-4-12-23(13-5-2)20(24)15-6-11-18(21)19(14-15)28(25,26)22-16-7-9-17(27-3)10-8-16/h4-11,14,22H,1-2,12-13H2,3H3. The van der Waals surface area contributed by atoms with E-state index in [1.807, 2.05) is 0 Å². The summed E-state index contributed by atoms with van der Waals surface area (Å²) in [5.41, 5.74) is 0.539. The lowest BCUT2D eigenvalue weighted by molar-refractivity contribution is 0.0790. The topological polar surface area (TPSA) is 75.7 Å². The van der Waals surface area contributed by atoms with Crippen LogP contribution in [0.15, 0.2) is 72.7 Å². The van der Waals surface area contributed by atoms with E-state index < -0.39 is 10.0 Å². The maximum atomic E-state index is 12.8. The van der Waals surface area contributed by atoms with Crippen molar-refractivity contribution in [1.29, 1.82) is 0 Å². The van der Waals surface area contributed by atoms with Gasteiger partial charge in [-0.15, -0.1) is 13.2 Å². The number of amides is 1. The van der Waals surface area contributed by atoms with E-state index in [2.05, 4.69) is 17.9 Å². The molecule has 2 rings (SSSR count). The number of halogens is 1. The highest BCUT2D eigenvalue weighted by Gasteiger charge is 2.22. The number of benzene rings is 2. The third-order valence-corrected chi connectivity index (χ3v) is 5.66. The van der Waals surface area contributed by atoms with Gasteiger partial charge in [0.25, 0.3) is 15.9 Å². The summed E-state index contributed by atoms with van der Waals surface area (Å²) >= 11 is 6.10. The van der Waals surface area contributed by atoms with Crippen molar-refractivity contribution < 1.29 is 17.9 Å². The quantitative estimate of drug-likeness (QED) is 0.623. The minimum absolute atomic E-state index is 0.0107. The summed E-state index contributed by atoms with van der Waals surface area (Å²) in [6.45, 7) is 7.86. The number of carbonyl (C=O) groups excluding carboxylic acids is 1. The number of sulfonamides is 1. The Morgan fingerprint density at radius 3 is 2.29 bits per heavy atom. The van der Waals surface area contributed by atoms with Crippen LogP contribution < -0.4 is 9.46 Å². The Kier molecular flexibility index (Phi) is 7.25. The number of hydrogen-bond donors (Lipinski definition) is 1. The highest BCUT2D eigenvalue weighted by atomic mass is 35.5. The van der Waals surface area contributed by atoms with E-state index in [0.29, 0.717) is 24.5 Å². The SMILES string of the molecule is C=CCN(CC=C)C(=O)c1ccc(Cl)c(S(=O)(=O)Nc2ccc(OC)cc2)c1. The number of anilines is 1. The zero-order chi connectivity index (χ0) is 20.7. The number of carbonyl (C=O) groups is 1. The molecule has 0 radical (unpaired) electrons. The molecule has 0 aliphatic heterocycles. The normalized spacial score (nSPS) is 10.8. The lowest BCUT2D eigenvalue weighted by Crippen LogP contribution is -2.31. The van der Waals surface area contributed by atoms with E-state index in [1.165, 1.54) is 30.2 Å². The summed E-state index contributed by atoms with van der Waals surface area (Å²) in [6.07, 6.45) is 3.17. The summed E-state index contributed by atoms with van der Waals surface area (Å²) in [5.74, 6) is 0.246. The number of nitrogens with zero attached hydrogens (tertiary/aromatic N) is 1. The molecule has 0 atom stereocenters. The molecule has 8 heteroatoms. The molecule has 0 saturated heterocycles. The second-order valence-corrected chi connectivity index (χ2v) is 7.82. The van der Waals surface area contributed by atoms with Crippen molar-refractivity contribution in [1.82, 2.24) is 4.90 Å². The van der Waals surface area contributed by atoms with Crippen LogP contribution in [0, 0.1) is 0 Å². The average Bonchev–Trinajstić information content (AvgIpc) is 2.68. The minimum Gasteiger partial charge on any atom is -0.497 e.